The monoisotopic (exact) mass is 368 g/mol. The first kappa shape index (κ1) is 27.5. The quantitative estimate of drug-likeness (QED) is 0.142. The Morgan fingerprint density at radius 1 is 1.29 bits per heavy atom. The molecular formula is C14H22ClN4NaO4. The van der Waals surface area contributed by atoms with Gasteiger partial charge in [0.15, 0.2) is 5.96 Å². The molecule has 0 heterocycles. The second kappa shape index (κ2) is 16.5. The standard InChI is InChI=1S/C8H8O2.C6H14N4O2.ClH.Na/c9-8(10)6-7-4-2-1-3-5-7;7-4(5(11)12)2-1-3-10-6(8)9;;/h1-5H,6H2,(H,9,10);4H,1-3,7H2,(H,11,12)(H4,8,9,10);1H;/q;;;+1/p-1. The van der Waals surface area contributed by atoms with E-state index in [1.54, 1.807) is 24.3 Å². The second-order valence-corrected chi connectivity index (χ2v) is 4.46. The van der Waals surface area contributed by atoms with E-state index >= 15 is 0 Å². The van der Waals surface area contributed by atoms with Gasteiger partial charge < -0.3 is 31.8 Å². The molecule has 8 nitrogen and oxygen atoms in total. The summed E-state index contributed by atoms with van der Waals surface area (Å²) in [6.07, 6.45) is 0.976. The Kier molecular flexibility index (Phi) is 19.0. The molecule has 0 radical (unpaired) electrons. The number of carboxylic acids is 2. The molecule has 7 N–H and O–H groups in total. The molecule has 10 heteroatoms. The SMILES string of the molecule is Cl.N=C(N)NCCCC(N)C(=O)O.O=C([O-])Cc1ccccc1.[Na+]. The minimum Gasteiger partial charge on any atom is -0.550 e. The number of carbonyl (C=O) groups excluding carboxylic acids is 1. The van der Waals surface area contributed by atoms with Crippen molar-refractivity contribution < 1.29 is 49.4 Å². The number of carboxylic acid groups (broad SMARTS) is 2. The first-order valence-corrected chi connectivity index (χ1v) is 6.63. The zero-order chi connectivity index (χ0) is 17.0. The Balaban J connectivity index is -0.000000342. The van der Waals surface area contributed by atoms with Crippen LogP contribution in [0.1, 0.15) is 18.4 Å². The van der Waals surface area contributed by atoms with Gasteiger partial charge in [0, 0.05) is 18.9 Å². The van der Waals surface area contributed by atoms with Crippen molar-refractivity contribution in [3.05, 3.63) is 35.9 Å². The molecule has 0 aliphatic carbocycles. The van der Waals surface area contributed by atoms with Crippen LogP contribution in [0.2, 0.25) is 0 Å². The number of rotatable bonds is 7. The van der Waals surface area contributed by atoms with E-state index in [9.17, 15) is 14.7 Å². The first-order valence-electron chi connectivity index (χ1n) is 6.63. The van der Waals surface area contributed by atoms with Crippen LogP contribution in [0.15, 0.2) is 30.3 Å². The summed E-state index contributed by atoms with van der Waals surface area (Å²) >= 11 is 0. The number of nitrogens with one attached hydrogen (secondary N) is 2. The molecule has 0 spiro atoms. The zero-order valence-corrected chi connectivity index (χ0v) is 16.3. The van der Waals surface area contributed by atoms with Crippen LogP contribution < -0.4 is 51.4 Å². The van der Waals surface area contributed by atoms with Gasteiger partial charge in [-0.15, -0.1) is 12.4 Å². The van der Waals surface area contributed by atoms with E-state index in [0.29, 0.717) is 19.4 Å². The molecule has 1 aromatic rings. The van der Waals surface area contributed by atoms with Crippen molar-refractivity contribution in [1.29, 1.82) is 5.41 Å². The Labute approximate surface area is 169 Å². The van der Waals surface area contributed by atoms with Crippen LogP contribution in [-0.2, 0) is 16.0 Å². The van der Waals surface area contributed by atoms with E-state index < -0.39 is 18.0 Å². The smallest absolute Gasteiger partial charge is 0.550 e. The Morgan fingerprint density at radius 2 is 1.83 bits per heavy atom. The van der Waals surface area contributed by atoms with Crippen molar-refractivity contribution in [2.24, 2.45) is 11.5 Å². The zero-order valence-electron chi connectivity index (χ0n) is 13.5. The predicted octanol–water partition coefficient (Wildman–Crippen LogP) is -3.93. The normalized spacial score (nSPS) is 9.88. The van der Waals surface area contributed by atoms with Crippen molar-refractivity contribution in [3.63, 3.8) is 0 Å². The molecule has 1 atom stereocenters. The topological polar surface area (TPSA) is 165 Å². The van der Waals surface area contributed by atoms with Crippen molar-refractivity contribution in [3.8, 4) is 0 Å². The summed E-state index contributed by atoms with van der Waals surface area (Å²) in [7, 11) is 0. The van der Waals surface area contributed by atoms with Crippen LogP contribution in [0.3, 0.4) is 0 Å². The van der Waals surface area contributed by atoms with Gasteiger partial charge in [-0.2, -0.15) is 0 Å². The van der Waals surface area contributed by atoms with E-state index in [4.69, 9.17) is 22.0 Å². The fourth-order valence-electron chi connectivity index (χ4n) is 1.43. The summed E-state index contributed by atoms with van der Waals surface area (Å²) < 4.78 is 0. The van der Waals surface area contributed by atoms with E-state index in [2.05, 4.69) is 5.32 Å². The molecule has 1 aromatic carbocycles. The fourth-order valence-corrected chi connectivity index (χ4v) is 1.43. The van der Waals surface area contributed by atoms with Gasteiger partial charge in [-0.3, -0.25) is 10.2 Å². The van der Waals surface area contributed by atoms with Crippen LogP contribution in [0.4, 0.5) is 0 Å². The van der Waals surface area contributed by atoms with Gasteiger partial charge >= 0.3 is 35.5 Å². The molecule has 0 bridgehead atoms. The minimum absolute atomic E-state index is 0. The summed E-state index contributed by atoms with van der Waals surface area (Å²) in [6, 6.07) is 8.15. The molecule has 0 aliphatic heterocycles. The molecule has 0 fully saturated rings. The average molecular weight is 369 g/mol. The van der Waals surface area contributed by atoms with Crippen molar-refractivity contribution in [1.82, 2.24) is 5.32 Å². The van der Waals surface area contributed by atoms with Crippen LogP contribution in [0, 0.1) is 5.41 Å². The van der Waals surface area contributed by atoms with Crippen LogP contribution in [-0.4, -0.2) is 35.6 Å². The van der Waals surface area contributed by atoms with Crippen LogP contribution >= 0.6 is 12.4 Å². The summed E-state index contributed by atoms with van der Waals surface area (Å²) in [6.45, 7) is 0.482. The Morgan fingerprint density at radius 3 is 2.25 bits per heavy atom. The first-order chi connectivity index (χ1) is 10.3. The van der Waals surface area contributed by atoms with Gasteiger partial charge in [-0.25, -0.2) is 0 Å². The summed E-state index contributed by atoms with van der Waals surface area (Å²) in [4.78, 5) is 20.3. The minimum atomic E-state index is -1.04. The molecule has 0 saturated carbocycles. The maximum Gasteiger partial charge on any atom is 1.00 e. The number of hydrogen-bond donors (Lipinski definition) is 5. The number of nitrogens with two attached hydrogens (primary N) is 2. The molecule has 0 aliphatic rings. The maximum atomic E-state index is 10.2. The van der Waals surface area contributed by atoms with Gasteiger partial charge in [-0.05, 0) is 18.4 Å². The molecule has 1 rings (SSSR count). The van der Waals surface area contributed by atoms with Crippen molar-refractivity contribution in [2.45, 2.75) is 25.3 Å². The van der Waals surface area contributed by atoms with E-state index in [1.165, 1.54) is 0 Å². The predicted molar refractivity (Wildman–Crippen MR) is 87.2 cm³/mol. The number of halogens is 1. The largest absolute Gasteiger partial charge is 1.00 e. The van der Waals surface area contributed by atoms with E-state index in [0.717, 1.165) is 5.56 Å². The Bertz CT molecular complexity index is 491. The fraction of sp³-hybridized carbons (Fsp3) is 0.357. The van der Waals surface area contributed by atoms with E-state index in [-0.39, 0.29) is 54.3 Å². The van der Waals surface area contributed by atoms with E-state index in [1.807, 2.05) is 6.07 Å². The van der Waals surface area contributed by atoms with Gasteiger partial charge in [0.2, 0.25) is 0 Å². The van der Waals surface area contributed by atoms with Crippen molar-refractivity contribution in [2.75, 3.05) is 6.54 Å². The number of guanidine groups is 1. The van der Waals surface area contributed by atoms with Crippen LogP contribution in [0.25, 0.3) is 0 Å². The summed E-state index contributed by atoms with van der Waals surface area (Å²) in [5.41, 5.74) is 11.0. The molecular weight excluding hydrogens is 347 g/mol. The third kappa shape index (κ3) is 17.0. The molecule has 130 valence electrons. The molecule has 24 heavy (non-hydrogen) atoms. The Hall–Kier alpha value is -1.32. The summed E-state index contributed by atoms with van der Waals surface area (Å²) in [5, 5.41) is 27.8. The number of aliphatic carboxylic acids is 2. The van der Waals surface area contributed by atoms with Gasteiger partial charge in [0.05, 0.1) is 0 Å². The van der Waals surface area contributed by atoms with Gasteiger partial charge in [0.1, 0.15) is 6.04 Å². The molecule has 1 unspecified atom stereocenters. The summed E-state index contributed by atoms with van der Waals surface area (Å²) in [5.74, 6) is -2.15. The number of hydrogen-bond acceptors (Lipinski definition) is 5. The third-order valence-corrected chi connectivity index (χ3v) is 2.52. The second-order valence-electron chi connectivity index (χ2n) is 4.46. The molecule has 0 aromatic heterocycles. The van der Waals surface area contributed by atoms with Crippen molar-refractivity contribution >= 4 is 30.3 Å². The number of carbonyl (C=O) groups is 2. The van der Waals surface area contributed by atoms with Gasteiger partial charge in [0.25, 0.3) is 0 Å². The molecule has 0 amide bonds. The maximum absolute atomic E-state index is 10.2. The third-order valence-electron chi connectivity index (χ3n) is 2.52. The van der Waals surface area contributed by atoms with Gasteiger partial charge in [-0.1, -0.05) is 30.3 Å². The average Bonchev–Trinajstić information content (AvgIpc) is 2.44. The number of benzene rings is 1. The van der Waals surface area contributed by atoms with Crippen LogP contribution in [0.5, 0.6) is 0 Å². The molecule has 0 saturated heterocycles.